The van der Waals surface area contributed by atoms with Gasteiger partial charge in [-0.25, -0.2) is 4.39 Å². The van der Waals surface area contributed by atoms with E-state index in [1.54, 1.807) is 24.0 Å². The Kier molecular flexibility index (Phi) is 3.89. The fourth-order valence-corrected chi connectivity index (χ4v) is 3.42. The van der Waals surface area contributed by atoms with E-state index < -0.39 is 11.5 Å². The largest absolute Gasteiger partial charge is 0.354 e. The predicted octanol–water partition coefficient (Wildman–Crippen LogP) is 1.98. The zero-order valence-corrected chi connectivity index (χ0v) is 12.8. The molecule has 22 heavy (non-hydrogen) atoms. The van der Waals surface area contributed by atoms with Crippen LogP contribution in [0.3, 0.4) is 0 Å². The molecule has 2 fully saturated rings. The molecule has 2 amide bonds. The molecule has 1 aliphatic heterocycles. The van der Waals surface area contributed by atoms with Gasteiger partial charge in [-0.1, -0.05) is 18.6 Å². The topological polar surface area (TPSA) is 49.4 Å². The molecule has 1 saturated heterocycles. The number of benzene rings is 1. The Bertz CT molecular complexity index is 581. The van der Waals surface area contributed by atoms with E-state index >= 15 is 0 Å². The van der Waals surface area contributed by atoms with Gasteiger partial charge in [0.05, 0.1) is 5.41 Å². The SMILES string of the molecule is C[C@H]1C(=O)NCCCN1C(=O)C1(c2ccc(F)cc2)CCC1. The summed E-state index contributed by atoms with van der Waals surface area (Å²) in [7, 11) is 0. The number of rotatable bonds is 2. The van der Waals surface area contributed by atoms with Crippen LogP contribution in [-0.4, -0.2) is 35.8 Å². The lowest BCUT2D eigenvalue weighted by molar-refractivity contribution is -0.146. The Labute approximate surface area is 129 Å². The second kappa shape index (κ2) is 5.71. The predicted molar refractivity (Wildman–Crippen MR) is 80.7 cm³/mol. The Hall–Kier alpha value is -1.91. The molecule has 1 N–H and O–H groups in total. The molecule has 1 aromatic rings. The highest BCUT2D eigenvalue weighted by Gasteiger charge is 2.49. The van der Waals surface area contributed by atoms with Gasteiger partial charge in [-0.15, -0.1) is 0 Å². The average molecular weight is 304 g/mol. The number of carbonyl (C=O) groups excluding carboxylic acids is 2. The molecule has 0 aromatic heterocycles. The molecule has 1 atom stereocenters. The normalized spacial score (nSPS) is 24.2. The van der Waals surface area contributed by atoms with E-state index in [1.165, 1.54) is 12.1 Å². The van der Waals surface area contributed by atoms with E-state index in [2.05, 4.69) is 5.32 Å². The molecule has 3 rings (SSSR count). The fourth-order valence-electron chi connectivity index (χ4n) is 3.42. The van der Waals surface area contributed by atoms with Gasteiger partial charge in [-0.05, 0) is 43.9 Å². The molecular formula is C17H21FN2O2. The number of amides is 2. The van der Waals surface area contributed by atoms with E-state index in [0.29, 0.717) is 13.1 Å². The molecule has 1 aliphatic carbocycles. The minimum absolute atomic E-state index is 0.00917. The maximum absolute atomic E-state index is 13.2. The van der Waals surface area contributed by atoms with Crippen LogP contribution in [0.1, 0.15) is 38.2 Å². The Morgan fingerprint density at radius 1 is 1.27 bits per heavy atom. The number of hydrogen-bond donors (Lipinski definition) is 1. The molecule has 5 heteroatoms. The first kappa shape index (κ1) is 15.0. The highest BCUT2D eigenvalue weighted by atomic mass is 19.1. The van der Waals surface area contributed by atoms with Crippen molar-refractivity contribution in [2.75, 3.05) is 13.1 Å². The first-order valence-corrected chi connectivity index (χ1v) is 7.89. The molecule has 2 aliphatic rings. The van der Waals surface area contributed by atoms with Crippen LogP contribution in [0, 0.1) is 5.82 Å². The minimum atomic E-state index is -0.577. The summed E-state index contributed by atoms with van der Waals surface area (Å²) in [5.41, 5.74) is 0.286. The summed E-state index contributed by atoms with van der Waals surface area (Å²) < 4.78 is 13.2. The molecule has 1 heterocycles. The smallest absolute Gasteiger partial charge is 0.242 e. The highest BCUT2D eigenvalue weighted by molar-refractivity contribution is 5.94. The molecule has 0 unspecified atom stereocenters. The van der Waals surface area contributed by atoms with E-state index in [9.17, 15) is 14.0 Å². The summed E-state index contributed by atoms with van der Waals surface area (Å²) in [4.78, 5) is 26.8. The standard InChI is InChI=1S/C17H21FN2O2/c1-12-15(21)19-10-3-11-20(12)16(22)17(8-2-9-17)13-4-6-14(18)7-5-13/h4-7,12H,2-3,8-11H2,1H3,(H,19,21)/t12-/m0/s1. The van der Waals surface area contributed by atoms with E-state index in [1.807, 2.05) is 0 Å². The monoisotopic (exact) mass is 304 g/mol. The zero-order valence-electron chi connectivity index (χ0n) is 12.8. The van der Waals surface area contributed by atoms with E-state index in [4.69, 9.17) is 0 Å². The van der Waals surface area contributed by atoms with Crippen LogP contribution in [0.15, 0.2) is 24.3 Å². The molecule has 0 radical (unpaired) electrons. The first-order valence-electron chi connectivity index (χ1n) is 7.89. The lowest BCUT2D eigenvalue weighted by atomic mass is 9.63. The van der Waals surface area contributed by atoms with Gasteiger partial charge < -0.3 is 10.2 Å². The van der Waals surface area contributed by atoms with Crippen molar-refractivity contribution < 1.29 is 14.0 Å². The number of halogens is 1. The summed E-state index contributed by atoms with van der Waals surface area (Å²) >= 11 is 0. The first-order chi connectivity index (χ1) is 10.5. The lowest BCUT2D eigenvalue weighted by Crippen LogP contribution is -2.55. The summed E-state index contributed by atoms with van der Waals surface area (Å²) in [6.45, 7) is 2.97. The van der Waals surface area contributed by atoms with Crippen LogP contribution in [0.5, 0.6) is 0 Å². The quantitative estimate of drug-likeness (QED) is 0.908. The summed E-state index contributed by atoms with van der Waals surface area (Å²) in [6.07, 6.45) is 3.28. The Morgan fingerprint density at radius 2 is 1.95 bits per heavy atom. The van der Waals surface area contributed by atoms with Crippen molar-refractivity contribution >= 4 is 11.8 Å². The molecule has 0 spiro atoms. The molecule has 0 bridgehead atoms. The van der Waals surface area contributed by atoms with Crippen LogP contribution in [-0.2, 0) is 15.0 Å². The van der Waals surface area contributed by atoms with Crippen LogP contribution in [0.25, 0.3) is 0 Å². The second-order valence-electron chi connectivity index (χ2n) is 6.26. The number of nitrogens with one attached hydrogen (secondary N) is 1. The maximum Gasteiger partial charge on any atom is 0.242 e. The Balaban J connectivity index is 1.90. The van der Waals surface area contributed by atoms with Crippen LogP contribution in [0.2, 0.25) is 0 Å². The number of nitrogens with zero attached hydrogens (tertiary/aromatic N) is 1. The average Bonchev–Trinajstić information content (AvgIpc) is 2.62. The highest BCUT2D eigenvalue weighted by Crippen LogP contribution is 2.45. The molecular weight excluding hydrogens is 283 g/mol. The van der Waals surface area contributed by atoms with Gasteiger partial charge in [0.1, 0.15) is 11.9 Å². The van der Waals surface area contributed by atoms with Gasteiger partial charge in [-0.3, -0.25) is 9.59 Å². The van der Waals surface area contributed by atoms with Crippen molar-refractivity contribution in [1.82, 2.24) is 10.2 Å². The van der Waals surface area contributed by atoms with Crippen LogP contribution < -0.4 is 5.32 Å². The fraction of sp³-hybridized carbons (Fsp3) is 0.529. The zero-order chi connectivity index (χ0) is 15.7. The Morgan fingerprint density at radius 3 is 2.55 bits per heavy atom. The van der Waals surface area contributed by atoms with Crippen molar-refractivity contribution in [3.8, 4) is 0 Å². The number of hydrogen-bond acceptors (Lipinski definition) is 2. The molecule has 1 saturated carbocycles. The molecule has 1 aromatic carbocycles. The van der Waals surface area contributed by atoms with E-state index in [-0.39, 0.29) is 17.6 Å². The van der Waals surface area contributed by atoms with Crippen molar-refractivity contribution in [3.05, 3.63) is 35.6 Å². The van der Waals surface area contributed by atoms with Gasteiger partial charge in [0.2, 0.25) is 11.8 Å². The van der Waals surface area contributed by atoms with Gasteiger partial charge >= 0.3 is 0 Å². The van der Waals surface area contributed by atoms with Gasteiger partial charge in [0, 0.05) is 13.1 Å². The summed E-state index contributed by atoms with van der Waals surface area (Å²) in [5, 5.41) is 2.83. The second-order valence-corrected chi connectivity index (χ2v) is 6.26. The van der Waals surface area contributed by atoms with Crippen LogP contribution >= 0.6 is 0 Å². The third kappa shape index (κ3) is 2.38. The van der Waals surface area contributed by atoms with Crippen molar-refractivity contribution in [3.63, 3.8) is 0 Å². The van der Waals surface area contributed by atoms with Crippen molar-refractivity contribution in [1.29, 1.82) is 0 Å². The number of carbonyl (C=O) groups is 2. The molecule has 4 nitrogen and oxygen atoms in total. The van der Waals surface area contributed by atoms with Gasteiger partial charge in [-0.2, -0.15) is 0 Å². The minimum Gasteiger partial charge on any atom is -0.354 e. The molecule has 118 valence electrons. The van der Waals surface area contributed by atoms with E-state index in [0.717, 1.165) is 31.2 Å². The van der Waals surface area contributed by atoms with Gasteiger partial charge in [0.15, 0.2) is 0 Å². The third-order valence-electron chi connectivity index (χ3n) is 5.00. The van der Waals surface area contributed by atoms with Crippen molar-refractivity contribution in [2.45, 2.75) is 44.1 Å². The summed E-state index contributed by atoms with van der Waals surface area (Å²) in [5.74, 6) is -0.387. The summed E-state index contributed by atoms with van der Waals surface area (Å²) in [6, 6.07) is 5.76. The van der Waals surface area contributed by atoms with Crippen LogP contribution in [0.4, 0.5) is 4.39 Å². The third-order valence-corrected chi connectivity index (χ3v) is 5.00. The van der Waals surface area contributed by atoms with Crippen molar-refractivity contribution in [2.24, 2.45) is 0 Å². The lowest BCUT2D eigenvalue weighted by Gasteiger charge is -2.44. The van der Waals surface area contributed by atoms with Gasteiger partial charge in [0.25, 0.3) is 0 Å². The maximum atomic E-state index is 13.2.